The number of benzene rings is 2. The lowest BCUT2D eigenvalue weighted by Gasteiger charge is -2.32. The molecule has 2 aliphatic heterocycles. The van der Waals surface area contributed by atoms with Gasteiger partial charge in [0.05, 0.1) is 11.5 Å². The van der Waals surface area contributed by atoms with Gasteiger partial charge in [-0.3, -0.25) is 0 Å². The molecule has 2 aromatic carbocycles. The summed E-state index contributed by atoms with van der Waals surface area (Å²) in [5.74, 6) is 2.59. The highest BCUT2D eigenvalue weighted by Gasteiger charge is 2.22. The lowest BCUT2D eigenvalue weighted by Crippen LogP contribution is -2.41. The summed E-state index contributed by atoms with van der Waals surface area (Å²) >= 11 is 0. The fourth-order valence-corrected chi connectivity index (χ4v) is 5.11. The van der Waals surface area contributed by atoms with Gasteiger partial charge in [0.15, 0.2) is 11.5 Å². The van der Waals surface area contributed by atoms with E-state index in [9.17, 15) is 8.42 Å². The summed E-state index contributed by atoms with van der Waals surface area (Å²) in [5.41, 5.74) is 1.05. The number of hydrogen-bond acceptors (Lipinski definition) is 6. The summed E-state index contributed by atoms with van der Waals surface area (Å²) in [7, 11) is -3.46. The summed E-state index contributed by atoms with van der Waals surface area (Å²) in [6.45, 7) is 6.19. The van der Waals surface area contributed by atoms with E-state index >= 15 is 0 Å². The van der Waals surface area contributed by atoms with Crippen LogP contribution in [-0.2, 0) is 10.0 Å². The van der Waals surface area contributed by atoms with Gasteiger partial charge in [-0.15, -0.1) is 0 Å². The number of piperidine rings is 1. The van der Waals surface area contributed by atoms with Crippen LogP contribution in [0.25, 0.3) is 0 Å². The van der Waals surface area contributed by atoms with Crippen molar-refractivity contribution in [2.45, 2.75) is 31.1 Å². The number of hydrogen-bond donors (Lipinski definition) is 1. The van der Waals surface area contributed by atoms with Gasteiger partial charge in [0.1, 0.15) is 5.75 Å². The van der Waals surface area contributed by atoms with E-state index in [1.54, 1.807) is 12.1 Å². The van der Waals surface area contributed by atoms with Crippen molar-refractivity contribution in [3.05, 3.63) is 48.0 Å². The van der Waals surface area contributed by atoms with Crippen molar-refractivity contribution in [2.75, 3.05) is 39.6 Å². The minimum atomic E-state index is -3.46. The molecule has 168 valence electrons. The Hall–Kier alpha value is -2.29. The zero-order valence-corrected chi connectivity index (χ0v) is 18.7. The van der Waals surface area contributed by atoms with Gasteiger partial charge in [0.25, 0.3) is 0 Å². The summed E-state index contributed by atoms with van der Waals surface area (Å²) in [4.78, 5) is 2.73. The first kappa shape index (κ1) is 21.9. The van der Waals surface area contributed by atoms with Crippen LogP contribution in [0.4, 0.5) is 0 Å². The Morgan fingerprint density at radius 2 is 1.94 bits per heavy atom. The molecular formula is C23H30N2O5S. The Labute approximate surface area is 184 Å². The van der Waals surface area contributed by atoms with Crippen molar-refractivity contribution in [1.29, 1.82) is 0 Å². The summed E-state index contributed by atoms with van der Waals surface area (Å²) < 4.78 is 44.4. The zero-order chi connectivity index (χ0) is 21.7. The van der Waals surface area contributed by atoms with Crippen molar-refractivity contribution in [3.8, 4) is 17.2 Å². The van der Waals surface area contributed by atoms with Crippen LogP contribution in [0.2, 0.25) is 0 Å². The molecule has 0 amide bonds. The average Bonchev–Trinajstić information content (AvgIpc) is 3.24. The Morgan fingerprint density at radius 3 is 2.77 bits per heavy atom. The van der Waals surface area contributed by atoms with Gasteiger partial charge in [-0.05, 0) is 62.9 Å². The molecule has 2 aromatic rings. The maximum Gasteiger partial charge on any atom is 0.240 e. The molecule has 0 spiro atoms. The van der Waals surface area contributed by atoms with Crippen molar-refractivity contribution in [2.24, 2.45) is 5.92 Å². The molecule has 0 radical (unpaired) electrons. The van der Waals surface area contributed by atoms with Crippen LogP contribution >= 0.6 is 0 Å². The topological polar surface area (TPSA) is 77.1 Å². The molecule has 1 unspecified atom stereocenters. The molecule has 0 aromatic heterocycles. The SMILES string of the molecule is Cc1ccc(S(=O)(=O)NCC2CCCN(CCCOc3ccc4c(c3)OCO4)C2)cc1. The fourth-order valence-electron chi connectivity index (χ4n) is 3.99. The number of likely N-dealkylation sites (tertiary alicyclic amines) is 1. The quantitative estimate of drug-likeness (QED) is 0.596. The Kier molecular flexibility index (Phi) is 6.99. The third kappa shape index (κ3) is 5.90. The molecule has 1 N–H and O–H groups in total. The Bertz CT molecular complexity index is 978. The second kappa shape index (κ2) is 9.89. The molecule has 2 aliphatic rings. The highest BCUT2D eigenvalue weighted by atomic mass is 32.2. The van der Waals surface area contributed by atoms with Crippen LogP contribution in [0, 0.1) is 12.8 Å². The predicted octanol–water partition coefficient (Wildman–Crippen LogP) is 3.18. The zero-order valence-electron chi connectivity index (χ0n) is 17.9. The third-order valence-corrected chi connectivity index (χ3v) is 7.17. The van der Waals surface area contributed by atoms with Crippen LogP contribution in [0.3, 0.4) is 0 Å². The van der Waals surface area contributed by atoms with E-state index in [1.165, 1.54) is 0 Å². The van der Waals surface area contributed by atoms with Crippen molar-refractivity contribution in [1.82, 2.24) is 9.62 Å². The highest BCUT2D eigenvalue weighted by Crippen LogP contribution is 2.35. The maximum absolute atomic E-state index is 12.5. The van der Waals surface area contributed by atoms with Crippen LogP contribution in [0.15, 0.2) is 47.4 Å². The molecule has 4 rings (SSSR count). The van der Waals surface area contributed by atoms with Gasteiger partial charge >= 0.3 is 0 Å². The second-order valence-electron chi connectivity index (χ2n) is 8.19. The van der Waals surface area contributed by atoms with Gasteiger partial charge in [-0.2, -0.15) is 0 Å². The lowest BCUT2D eigenvalue weighted by molar-refractivity contribution is 0.163. The standard InChI is InChI=1S/C23H30N2O5S/c1-18-5-8-21(9-6-18)31(26,27)24-15-19-4-2-11-25(16-19)12-3-13-28-20-7-10-22-23(14-20)30-17-29-22/h5-10,14,19,24H,2-4,11-13,15-17H2,1H3. The van der Waals surface area contributed by atoms with E-state index in [4.69, 9.17) is 14.2 Å². The number of nitrogens with zero attached hydrogens (tertiary/aromatic N) is 1. The molecule has 1 saturated heterocycles. The molecule has 8 heteroatoms. The van der Waals surface area contributed by atoms with Crippen LogP contribution in [-0.4, -0.2) is 52.9 Å². The van der Waals surface area contributed by atoms with E-state index in [2.05, 4.69) is 9.62 Å². The summed E-state index contributed by atoms with van der Waals surface area (Å²) in [6, 6.07) is 12.6. The van der Waals surface area contributed by atoms with Gasteiger partial charge in [-0.25, -0.2) is 13.1 Å². The number of ether oxygens (including phenoxy) is 3. The number of aryl methyl sites for hydroxylation is 1. The van der Waals surface area contributed by atoms with E-state index in [0.29, 0.717) is 24.0 Å². The average molecular weight is 447 g/mol. The first-order valence-corrected chi connectivity index (χ1v) is 12.3. The molecule has 7 nitrogen and oxygen atoms in total. The number of rotatable bonds is 9. The molecule has 1 fully saturated rings. The van der Waals surface area contributed by atoms with E-state index in [1.807, 2.05) is 37.3 Å². The third-order valence-electron chi connectivity index (χ3n) is 5.73. The normalized spacial score (nSPS) is 18.8. The number of fused-ring (bicyclic) bond motifs is 1. The summed E-state index contributed by atoms with van der Waals surface area (Å²) in [6.07, 6.45) is 3.04. The first-order chi connectivity index (χ1) is 15.0. The largest absolute Gasteiger partial charge is 0.493 e. The van der Waals surface area contributed by atoms with Gasteiger partial charge in [0.2, 0.25) is 16.8 Å². The minimum Gasteiger partial charge on any atom is -0.493 e. The Morgan fingerprint density at radius 1 is 1.13 bits per heavy atom. The monoisotopic (exact) mass is 446 g/mol. The van der Waals surface area contributed by atoms with Gasteiger partial charge in [-0.1, -0.05) is 17.7 Å². The van der Waals surface area contributed by atoms with E-state index < -0.39 is 10.0 Å². The van der Waals surface area contributed by atoms with E-state index in [0.717, 1.165) is 61.7 Å². The van der Waals surface area contributed by atoms with Crippen LogP contribution < -0.4 is 18.9 Å². The molecule has 2 heterocycles. The van der Waals surface area contributed by atoms with Gasteiger partial charge in [0, 0.05) is 25.7 Å². The minimum absolute atomic E-state index is 0.260. The number of nitrogens with one attached hydrogen (secondary N) is 1. The molecule has 0 saturated carbocycles. The molecule has 1 atom stereocenters. The summed E-state index contributed by atoms with van der Waals surface area (Å²) in [5, 5.41) is 0. The lowest BCUT2D eigenvalue weighted by atomic mass is 9.98. The Balaban J connectivity index is 1.18. The fraction of sp³-hybridized carbons (Fsp3) is 0.478. The molecule has 0 aliphatic carbocycles. The van der Waals surface area contributed by atoms with Crippen molar-refractivity contribution in [3.63, 3.8) is 0 Å². The highest BCUT2D eigenvalue weighted by molar-refractivity contribution is 7.89. The predicted molar refractivity (Wildman–Crippen MR) is 118 cm³/mol. The first-order valence-electron chi connectivity index (χ1n) is 10.8. The smallest absolute Gasteiger partial charge is 0.240 e. The van der Waals surface area contributed by atoms with Crippen molar-refractivity contribution >= 4 is 10.0 Å². The second-order valence-corrected chi connectivity index (χ2v) is 9.96. The molecular weight excluding hydrogens is 416 g/mol. The molecule has 0 bridgehead atoms. The maximum atomic E-state index is 12.5. The van der Waals surface area contributed by atoms with Gasteiger partial charge < -0.3 is 19.1 Å². The molecule has 31 heavy (non-hydrogen) atoms. The number of sulfonamides is 1. The van der Waals surface area contributed by atoms with Crippen molar-refractivity contribution < 1.29 is 22.6 Å². The van der Waals surface area contributed by atoms with Crippen LogP contribution in [0.5, 0.6) is 17.2 Å². The van der Waals surface area contributed by atoms with E-state index in [-0.39, 0.29) is 6.79 Å². The van der Waals surface area contributed by atoms with Crippen LogP contribution in [0.1, 0.15) is 24.8 Å².